The number of carbonyl (C=O) groups is 3. The van der Waals surface area contributed by atoms with E-state index < -0.39 is 17.9 Å². The first-order chi connectivity index (χ1) is 26.9. The van der Waals surface area contributed by atoms with Crippen LogP contribution >= 0.6 is 0 Å². The van der Waals surface area contributed by atoms with Crippen LogP contribution in [0.1, 0.15) is 132 Å². The van der Waals surface area contributed by atoms with Gasteiger partial charge in [0.25, 0.3) is 0 Å². The molecular formula is C48H69NO9. The first-order valence-electron chi connectivity index (χ1n) is 20.5. The van der Waals surface area contributed by atoms with Crippen molar-refractivity contribution in [3.63, 3.8) is 0 Å². The fourth-order valence-electron chi connectivity index (χ4n) is 7.05. The lowest BCUT2D eigenvalue weighted by atomic mass is 9.83. The van der Waals surface area contributed by atoms with E-state index >= 15 is 0 Å². The van der Waals surface area contributed by atoms with E-state index in [-0.39, 0.29) is 72.9 Å². The standard InChI is InChI=1S/C48H69NO9/c1-31-22-34(43(53)37(25-31)46(4,5)6)16-13-19-56-40(50)28-49(29-41(51)57-20-14-17-35-23-32(2)26-38(44(35)54)47(7,8)9)30-42(52)58-21-15-18-36-24-33(3)27-39(45(36)55)48(10,11)12/h22-27,53-55H,13-21,28-30H2,1-12H3. The van der Waals surface area contributed by atoms with Gasteiger partial charge in [0.2, 0.25) is 0 Å². The van der Waals surface area contributed by atoms with E-state index in [1.54, 1.807) is 0 Å². The zero-order valence-corrected chi connectivity index (χ0v) is 37.2. The smallest absolute Gasteiger partial charge is 0.320 e. The number of ether oxygens (including phenoxy) is 3. The summed E-state index contributed by atoms with van der Waals surface area (Å²) >= 11 is 0. The average molecular weight is 804 g/mol. The molecular weight excluding hydrogens is 735 g/mol. The van der Waals surface area contributed by atoms with E-state index in [1.165, 1.54) is 4.90 Å². The molecule has 10 heteroatoms. The highest BCUT2D eigenvalue weighted by molar-refractivity contribution is 5.78. The quantitative estimate of drug-likeness (QED) is 0.0649. The summed E-state index contributed by atoms with van der Waals surface area (Å²) in [6.07, 6.45) is 2.92. The molecule has 0 aromatic heterocycles. The Morgan fingerprint density at radius 2 is 0.707 bits per heavy atom. The number of phenols is 3. The Bertz CT molecular complexity index is 1680. The molecule has 0 fully saturated rings. The lowest BCUT2D eigenvalue weighted by Crippen LogP contribution is -2.40. The molecule has 0 aliphatic heterocycles. The number of rotatable bonds is 18. The minimum Gasteiger partial charge on any atom is -0.507 e. The maximum absolute atomic E-state index is 13.0. The molecule has 10 nitrogen and oxygen atoms in total. The summed E-state index contributed by atoms with van der Waals surface area (Å²) in [5.41, 5.74) is 7.35. The Morgan fingerprint density at radius 3 is 0.931 bits per heavy atom. The molecule has 0 unspecified atom stereocenters. The molecule has 0 radical (unpaired) electrons. The molecule has 0 aliphatic rings. The maximum atomic E-state index is 13.0. The summed E-state index contributed by atoms with van der Waals surface area (Å²) in [6, 6.07) is 11.8. The van der Waals surface area contributed by atoms with Crippen molar-refractivity contribution < 1.29 is 43.9 Å². The van der Waals surface area contributed by atoms with E-state index in [4.69, 9.17) is 14.2 Å². The molecule has 3 aromatic carbocycles. The zero-order valence-electron chi connectivity index (χ0n) is 37.2. The lowest BCUT2D eigenvalue weighted by Gasteiger charge is -2.23. The van der Waals surface area contributed by atoms with Crippen LogP contribution in [0.5, 0.6) is 17.2 Å². The summed E-state index contributed by atoms with van der Waals surface area (Å²) < 4.78 is 16.5. The van der Waals surface area contributed by atoms with Gasteiger partial charge in [-0.25, -0.2) is 0 Å². The second-order valence-corrected chi connectivity index (χ2v) is 18.8. The molecule has 0 saturated heterocycles. The number of phenolic OH excluding ortho intramolecular Hbond substituents is 3. The van der Waals surface area contributed by atoms with E-state index in [9.17, 15) is 29.7 Å². The number of carbonyl (C=O) groups excluding carboxylic acids is 3. The first-order valence-corrected chi connectivity index (χ1v) is 20.5. The van der Waals surface area contributed by atoms with E-state index in [2.05, 4.69) is 0 Å². The molecule has 0 spiro atoms. The number of hydrogen-bond acceptors (Lipinski definition) is 10. The Kier molecular flexibility index (Phi) is 16.8. The molecule has 0 amide bonds. The van der Waals surface area contributed by atoms with E-state index in [0.717, 1.165) is 50.1 Å². The van der Waals surface area contributed by atoms with Gasteiger partial charge in [0.1, 0.15) is 17.2 Å². The minimum atomic E-state index is -0.612. The van der Waals surface area contributed by atoms with Crippen LogP contribution in [-0.4, -0.2) is 77.6 Å². The highest BCUT2D eigenvalue weighted by Crippen LogP contribution is 2.37. The van der Waals surface area contributed by atoms with Crippen LogP contribution in [0.4, 0.5) is 0 Å². The average Bonchev–Trinajstić information content (AvgIpc) is 3.09. The molecule has 3 N–H and O–H groups in total. The second-order valence-electron chi connectivity index (χ2n) is 18.8. The van der Waals surface area contributed by atoms with Crippen molar-refractivity contribution >= 4 is 17.9 Å². The monoisotopic (exact) mass is 803 g/mol. The van der Waals surface area contributed by atoms with Crippen molar-refractivity contribution in [2.24, 2.45) is 0 Å². The van der Waals surface area contributed by atoms with Gasteiger partial charge in [-0.05, 0) is 109 Å². The number of nitrogens with zero attached hydrogens (tertiary/aromatic N) is 1. The van der Waals surface area contributed by atoms with Crippen LogP contribution < -0.4 is 0 Å². The van der Waals surface area contributed by atoms with Crippen molar-refractivity contribution in [2.75, 3.05) is 39.5 Å². The normalized spacial score (nSPS) is 12.2. The number of hydrogen-bond donors (Lipinski definition) is 3. The molecule has 0 aliphatic carbocycles. The van der Waals surface area contributed by atoms with Gasteiger partial charge in [0.05, 0.1) is 39.5 Å². The molecule has 0 saturated carbocycles. The van der Waals surface area contributed by atoms with Gasteiger partial charge in [-0.3, -0.25) is 19.3 Å². The first kappa shape index (κ1) is 47.8. The van der Waals surface area contributed by atoms with Crippen LogP contribution in [0.3, 0.4) is 0 Å². The summed E-state index contributed by atoms with van der Waals surface area (Å²) in [5.74, 6) is -1.08. The van der Waals surface area contributed by atoms with Crippen molar-refractivity contribution in [1.29, 1.82) is 0 Å². The fourth-order valence-corrected chi connectivity index (χ4v) is 7.05. The maximum Gasteiger partial charge on any atom is 0.320 e. The third kappa shape index (κ3) is 14.7. The Hall–Kier alpha value is -4.57. The Morgan fingerprint density at radius 1 is 0.466 bits per heavy atom. The van der Waals surface area contributed by atoms with Crippen LogP contribution in [0, 0.1) is 20.8 Å². The van der Waals surface area contributed by atoms with Gasteiger partial charge in [-0.15, -0.1) is 0 Å². The summed E-state index contributed by atoms with van der Waals surface area (Å²) in [7, 11) is 0. The second kappa shape index (κ2) is 20.4. The zero-order chi connectivity index (χ0) is 43.6. The van der Waals surface area contributed by atoms with Gasteiger partial charge < -0.3 is 29.5 Å². The third-order valence-electron chi connectivity index (χ3n) is 10.0. The van der Waals surface area contributed by atoms with Gasteiger partial charge in [-0.2, -0.15) is 0 Å². The summed E-state index contributed by atoms with van der Waals surface area (Å²) in [4.78, 5) is 40.4. The van der Waals surface area contributed by atoms with Crippen molar-refractivity contribution in [3.8, 4) is 17.2 Å². The van der Waals surface area contributed by atoms with E-state index in [1.807, 2.05) is 119 Å². The highest BCUT2D eigenvalue weighted by Gasteiger charge is 2.24. The molecule has 3 aromatic rings. The molecule has 320 valence electrons. The molecule has 58 heavy (non-hydrogen) atoms. The Balaban J connectivity index is 1.60. The van der Waals surface area contributed by atoms with Crippen molar-refractivity contribution in [2.45, 2.75) is 138 Å². The molecule has 0 heterocycles. The minimum absolute atomic E-state index is 0.0886. The summed E-state index contributed by atoms with van der Waals surface area (Å²) in [5, 5.41) is 32.8. The van der Waals surface area contributed by atoms with Crippen LogP contribution in [-0.2, 0) is 64.1 Å². The van der Waals surface area contributed by atoms with Crippen molar-refractivity contribution in [3.05, 3.63) is 86.5 Å². The number of aryl methyl sites for hydroxylation is 6. The molecule has 0 bridgehead atoms. The molecule has 0 atom stereocenters. The fraction of sp³-hybridized carbons (Fsp3) is 0.562. The van der Waals surface area contributed by atoms with Crippen molar-refractivity contribution in [1.82, 2.24) is 4.90 Å². The van der Waals surface area contributed by atoms with Gasteiger partial charge in [0, 0.05) is 0 Å². The molecule has 3 rings (SSSR count). The van der Waals surface area contributed by atoms with Crippen LogP contribution in [0.15, 0.2) is 36.4 Å². The Labute approximate surface area is 346 Å². The van der Waals surface area contributed by atoms with Gasteiger partial charge in [-0.1, -0.05) is 115 Å². The van der Waals surface area contributed by atoms with E-state index in [0.29, 0.717) is 38.5 Å². The predicted molar refractivity (Wildman–Crippen MR) is 229 cm³/mol. The largest absolute Gasteiger partial charge is 0.507 e. The number of aromatic hydroxyl groups is 3. The van der Waals surface area contributed by atoms with Gasteiger partial charge in [0.15, 0.2) is 0 Å². The predicted octanol–water partition coefficient (Wildman–Crippen LogP) is 8.75. The van der Waals surface area contributed by atoms with Crippen LogP contribution in [0.25, 0.3) is 0 Å². The van der Waals surface area contributed by atoms with Gasteiger partial charge >= 0.3 is 17.9 Å². The number of benzene rings is 3. The highest BCUT2D eigenvalue weighted by atomic mass is 16.5. The summed E-state index contributed by atoms with van der Waals surface area (Å²) in [6.45, 7) is 23.6. The number of esters is 3. The third-order valence-corrected chi connectivity index (χ3v) is 10.0. The lowest BCUT2D eigenvalue weighted by molar-refractivity contribution is -0.152. The SMILES string of the molecule is Cc1cc(CCCOC(=O)CN(CC(=O)OCCCc2cc(C)cc(C(C)(C)C)c2O)CC(=O)OCCCc2cc(C)cc(C(C)(C)C)c2O)c(O)c(C(C)(C)C)c1. The van der Waals surface area contributed by atoms with Crippen LogP contribution in [0.2, 0.25) is 0 Å². The topological polar surface area (TPSA) is 143 Å².